The number of carboxylic acid groups (broad SMARTS) is 1. The Kier molecular flexibility index (Phi) is 5.62. The minimum atomic E-state index is -2.59. The molecule has 1 atom stereocenters. The maximum atomic E-state index is 12.0. The number of alkyl carbamates (subject to hydrolysis) is 1. The lowest BCUT2D eigenvalue weighted by molar-refractivity contribution is -0.169. The third-order valence-corrected chi connectivity index (χ3v) is 3.36. The van der Waals surface area contributed by atoms with Crippen molar-refractivity contribution in [1.29, 1.82) is 0 Å². The number of carbonyl (C=O) groups is 2. The number of nitrogen functional groups attached to an aromatic ring is 1. The molecule has 9 heteroatoms. The van der Waals surface area contributed by atoms with Crippen LogP contribution in [0, 0.1) is 0 Å². The van der Waals surface area contributed by atoms with E-state index in [0.717, 1.165) is 0 Å². The lowest BCUT2D eigenvalue weighted by Crippen LogP contribution is -2.60. The first-order valence-electron chi connectivity index (χ1n) is 6.56. The number of carbonyl (C=O) groups excluding carboxylic acids is 1. The van der Waals surface area contributed by atoms with Gasteiger partial charge in [-0.25, -0.2) is 9.59 Å². The zero-order valence-electron chi connectivity index (χ0n) is 12.8. The van der Waals surface area contributed by atoms with Gasteiger partial charge in [0.05, 0.1) is 0 Å². The van der Waals surface area contributed by atoms with Gasteiger partial charge >= 0.3 is 12.1 Å². The molecule has 1 aromatic rings. The van der Waals surface area contributed by atoms with Crippen LogP contribution in [0.2, 0.25) is 0 Å². The van der Waals surface area contributed by atoms with Crippen LogP contribution in [0.1, 0.15) is 26.3 Å². The van der Waals surface area contributed by atoms with E-state index in [9.17, 15) is 24.9 Å². The first kappa shape index (κ1) is 19.2. The van der Waals surface area contributed by atoms with Gasteiger partial charge < -0.3 is 25.8 Å². The van der Waals surface area contributed by atoms with Crippen LogP contribution in [0.25, 0.3) is 0 Å². The number of benzene rings is 1. The topological polar surface area (TPSA) is 142 Å². The normalized spacial score (nSPS) is 14.2. The van der Waals surface area contributed by atoms with Gasteiger partial charge in [0.1, 0.15) is 5.60 Å². The van der Waals surface area contributed by atoms with Crippen molar-refractivity contribution in [1.82, 2.24) is 5.32 Å². The number of halogens is 1. The summed E-state index contributed by atoms with van der Waals surface area (Å²) in [5.41, 5.74) is 2.03. The van der Waals surface area contributed by atoms with Crippen molar-refractivity contribution >= 4 is 33.7 Å². The molecule has 0 aliphatic carbocycles. The molecule has 0 bridgehead atoms. The number of aliphatic hydroxyl groups is 2. The number of nitrogens with one attached hydrogen (secondary N) is 1. The highest BCUT2D eigenvalue weighted by Crippen LogP contribution is 2.32. The summed E-state index contributed by atoms with van der Waals surface area (Å²) in [5, 5.41) is 30.9. The van der Waals surface area contributed by atoms with Crippen molar-refractivity contribution in [2.75, 3.05) is 5.73 Å². The maximum Gasteiger partial charge on any atom is 0.408 e. The van der Waals surface area contributed by atoms with Crippen LogP contribution in [0.5, 0.6) is 0 Å². The highest BCUT2D eigenvalue weighted by Gasteiger charge is 2.50. The van der Waals surface area contributed by atoms with E-state index in [2.05, 4.69) is 15.9 Å². The predicted octanol–water partition coefficient (Wildman–Crippen LogP) is 1.15. The van der Waals surface area contributed by atoms with Crippen LogP contribution in [0.15, 0.2) is 22.7 Å². The number of rotatable bonds is 4. The Hall–Kier alpha value is -1.84. The summed E-state index contributed by atoms with van der Waals surface area (Å²) in [6, 6.07) is 4.19. The second kappa shape index (κ2) is 6.73. The second-order valence-electron chi connectivity index (χ2n) is 5.85. The number of nitrogens with two attached hydrogens (primary N) is 1. The van der Waals surface area contributed by atoms with E-state index in [4.69, 9.17) is 10.5 Å². The van der Waals surface area contributed by atoms with Crippen molar-refractivity contribution in [3.63, 3.8) is 0 Å². The quantitative estimate of drug-likeness (QED) is 0.383. The number of anilines is 1. The fourth-order valence-corrected chi connectivity index (χ4v) is 2.25. The summed E-state index contributed by atoms with van der Waals surface area (Å²) >= 11 is 3.15. The van der Waals surface area contributed by atoms with Crippen LogP contribution in [0.4, 0.5) is 10.5 Å². The molecule has 1 rings (SSSR count). The second-order valence-corrected chi connectivity index (χ2v) is 6.76. The van der Waals surface area contributed by atoms with E-state index < -0.39 is 29.5 Å². The molecule has 0 aliphatic rings. The average molecular weight is 391 g/mol. The molecule has 0 saturated heterocycles. The third kappa shape index (κ3) is 4.34. The Morgan fingerprint density at radius 1 is 1.30 bits per heavy atom. The van der Waals surface area contributed by atoms with Gasteiger partial charge in [-0.15, -0.1) is 0 Å². The molecule has 0 aliphatic heterocycles. The predicted molar refractivity (Wildman–Crippen MR) is 85.5 cm³/mol. The maximum absolute atomic E-state index is 12.0. The van der Waals surface area contributed by atoms with Gasteiger partial charge in [0.15, 0.2) is 6.29 Å². The number of ether oxygens (including phenoxy) is 1. The standard InChI is InChI=1S/C14H19BrN2O6/c1-13(2,3)23-12(22)17-14(10(18)19,11(20)21)8-6-7(15)4-5-9(8)16/h4-6,10,18-19H,16H2,1-3H3,(H,17,22)(H,20,21)/t14-/m0/s1. The molecule has 0 fully saturated rings. The highest BCUT2D eigenvalue weighted by molar-refractivity contribution is 9.10. The Balaban J connectivity index is 3.42. The Bertz CT molecular complexity index is 614. The van der Waals surface area contributed by atoms with Crippen molar-refractivity contribution in [2.45, 2.75) is 38.2 Å². The average Bonchev–Trinajstić information content (AvgIpc) is 2.36. The molecule has 0 spiro atoms. The molecule has 23 heavy (non-hydrogen) atoms. The molecular formula is C14H19BrN2O6. The molecule has 0 radical (unpaired) electrons. The number of carboxylic acids is 1. The van der Waals surface area contributed by atoms with Crippen LogP contribution in [-0.4, -0.2) is 39.3 Å². The van der Waals surface area contributed by atoms with E-state index in [1.807, 2.05) is 5.32 Å². The van der Waals surface area contributed by atoms with Crippen LogP contribution >= 0.6 is 15.9 Å². The van der Waals surface area contributed by atoms with Gasteiger partial charge in [-0.05, 0) is 39.0 Å². The summed E-state index contributed by atoms with van der Waals surface area (Å²) in [6.45, 7) is 4.74. The highest BCUT2D eigenvalue weighted by atomic mass is 79.9. The van der Waals surface area contributed by atoms with Crippen LogP contribution in [0.3, 0.4) is 0 Å². The zero-order chi connectivity index (χ0) is 18.0. The molecular weight excluding hydrogens is 372 g/mol. The van der Waals surface area contributed by atoms with E-state index in [-0.39, 0.29) is 11.3 Å². The first-order chi connectivity index (χ1) is 10.4. The molecule has 0 aromatic heterocycles. The van der Waals surface area contributed by atoms with Crippen molar-refractivity contribution < 1.29 is 29.6 Å². The molecule has 0 saturated carbocycles. The Morgan fingerprint density at radius 2 is 1.87 bits per heavy atom. The Morgan fingerprint density at radius 3 is 2.30 bits per heavy atom. The smallest absolute Gasteiger partial charge is 0.408 e. The summed E-state index contributed by atoms with van der Waals surface area (Å²) < 4.78 is 5.44. The van der Waals surface area contributed by atoms with Gasteiger partial charge in [-0.3, -0.25) is 5.32 Å². The molecule has 0 heterocycles. The number of amides is 1. The molecule has 1 aromatic carbocycles. The minimum Gasteiger partial charge on any atom is -0.479 e. The van der Waals surface area contributed by atoms with E-state index in [1.165, 1.54) is 12.1 Å². The molecule has 1 amide bonds. The fraction of sp³-hybridized carbons (Fsp3) is 0.429. The third-order valence-electron chi connectivity index (χ3n) is 2.86. The molecule has 6 N–H and O–H groups in total. The zero-order valence-corrected chi connectivity index (χ0v) is 14.4. The van der Waals surface area contributed by atoms with E-state index in [1.54, 1.807) is 26.8 Å². The van der Waals surface area contributed by atoms with E-state index >= 15 is 0 Å². The summed E-state index contributed by atoms with van der Waals surface area (Å²) in [5.74, 6) is -1.71. The van der Waals surface area contributed by atoms with Crippen molar-refractivity contribution in [2.24, 2.45) is 0 Å². The Labute approximate surface area is 141 Å². The van der Waals surface area contributed by atoms with Crippen LogP contribution in [-0.2, 0) is 15.1 Å². The van der Waals surface area contributed by atoms with E-state index in [0.29, 0.717) is 4.47 Å². The minimum absolute atomic E-state index is 0.0419. The lowest BCUT2D eigenvalue weighted by atomic mass is 9.88. The van der Waals surface area contributed by atoms with Crippen molar-refractivity contribution in [3.8, 4) is 0 Å². The van der Waals surface area contributed by atoms with Gasteiger partial charge in [-0.2, -0.15) is 0 Å². The lowest BCUT2D eigenvalue weighted by Gasteiger charge is -2.34. The number of hydrogen-bond acceptors (Lipinski definition) is 6. The summed E-state index contributed by atoms with van der Waals surface area (Å²) in [7, 11) is 0. The fourth-order valence-electron chi connectivity index (χ4n) is 1.88. The van der Waals surface area contributed by atoms with Gasteiger partial charge in [0, 0.05) is 15.7 Å². The monoisotopic (exact) mass is 390 g/mol. The van der Waals surface area contributed by atoms with Gasteiger partial charge in [-0.1, -0.05) is 15.9 Å². The van der Waals surface area contributed by atoms with Crippen LogP contribution < -0.4 is 11.1 Å². The number of aliphatic carboxylic acids is 1. The van der Waals surface area contributed by atoms with Crippen molar-refractivity contribution in [3.05, 3.63) is 28.2 Å². The largest absolute Gasteiger partial charge is 0.479 e. The molecule has 8 nitrogen and oxygen atoms in total. The van der Waals surface area contributed by atoms with Gasteiger partial charge in [0.25, 0.3) is 0 Å². The van der Waals surface area contributed by atoms with Gasteiger partial charge in [0.2, 0.25) is 5.54 Å². The summed E-state index contributed by atoms with van der Waals surface area (Å²) in [6.07, 6.45) is -3.60. The number of hydrogen-bond donors (Lipinski definition) is 5. The first-order valence-corrected chi connectivity index (χ1v) is 7.35. The number of aliphatic hydroxyl groups excluding tert-OH is 1. The SMILES string of the molecule is CC(C)(C)OC(=O)N[C@@](C(=O)O)(c1cc(Br)ccc1N)C(O)O. The summed E-state index contributed by atoms with van der Waals surface area (Å²) in [4.78, 5) is 23.7. The molecule has 128 valence electrons. The molecule has 0 unspecified atom stereocenters.